The molecule has 4 nitrogen and oxygen atoms in total. The molecule has 0 aliphatic rings. The van der Waals surface area contributed by atoms with Crippen molar-refractivity contribution in [2.24, 2.45) is 5.73 Å². The van der Waals surface area contributed by atoms with Gasteiger partial charge in [0, 0.05) is 5.56 Å². The van der Waals surface area contributed by atoms with E-state index >= 15 is 0 Å². The fourth-order valence-corrected chi connectivity index (χ4v) is 2.29. The molecule has 0 aliphatic carbocycles. The lowest BCUT2D eigenvalue weighted by Crippen LogP contribution is -2.29. The van der Waals surface area contributed by atoms with Gasteiger partial charge >= 0.3 is 6.09 Å². The van der Waals surface area contributed by atoms with Crippen LogP contribution in [0.5, 0.6) is 0 Å². The van der Waals surface area contributed by atoms with Crippen molar-refractivity contribution in [2.75, 3.05) is 6.54 Å². The third-order valence-electron chi connectivity index (χ3n) is 3.45. The van der Waals surface area contributed by atoms with Gasteiger partial charge in [0.1, 0.15) is 0 Å². The summed E-state index contributed by atoms with van der Waals surface area (Å²) in [4.78, 5) is 11.0. The molecule has 0 aromatic heterocycles. The second-order valence-electron chi connectivity index (χ2n) is 5.30. The fraction of sp³-hybridized carbons (Fsp3) is 0.588. The first kappa shape index (κ1) is 17.5. The molecule has 1 rings (SSSR count). The highest BCUT2D eigenvalue weighted by molar-refractivity contribution is 5.65. The summed E-state index contributed by atoms with van der Waals surface area (Å²) >= 11 is 0. The van der Waals surface area contributed by atoms with Crippen LogP contribution in [0.15, 0.2) is 30.3 Å². The van der Waals surface area contributed by atoms with Crippen molar-refractivity contribution < 1.29 is 9.53 Å². The van der Waals surface area contributed by atoms with Crippen molar-refractivity contribution in [3.05, 3.63) is 35.9 Å². The molecule has 0 saturated carbocycles. The fourth-order valence-electron chi connectivity index (χ4n) is 2.29. The van der Waals surface area contributed by atoms with Crippen LogP contribution >= 0.6 is 0 Å². The lowest BCUT2D eigenvalue weighted by atomic mass is 10.1. The van der Waals surface area contributed by atoms with Gasteiger partial charge in [-0.25, -0.2) is 4.79 Å². The van der Waals surface area contributed by atoms with Gasteiger partial charge in [0.15, 0.2) is 6.23 Å². The Hall–Kier alpha value is -1.55. The highest BCUT2D eigenvalue weighted by Crippen LogP contribution is 2.14. The Morgan fingerprint density at radius 2 is 1.71 bits per heavy atom. The summed E-state index contributed by atoms with van der Waals surface area (Å²) < 4.78 is 5.12. The van der Waals surface area contributed by atoms with Crippen LogP contribution < -0.4 is 11.1 Å². The minimum Gasteiger partial charge on any atom is -0.426 e. The summed E-state index contributed by atoms with van der Waals surface area (Å²) in [6, 6.07) is 9.61. The molecule has 4 heteroatoms. The highest BCUT2D eigenvalue weighted by atomic mass is 16.6. The molecule has 1 unspecified atom stereocenters. The van der Waals surface area contributed by atoms with Gasteiger partial charge in [-0.05, 0) is 13.0 Å². The molecule has 1 atom stereocenters. The largest absolute Gasteiger partial charge is 0.426 e. The Kier molecular flexibility index (Phi) is 9.29. The maximum Gasteiger partial charge on any atom is 0.406 e. The molecule has 0 aliphatic heterocycles. The molecule has 1 aromatic rings. The van der Waals surface area contributed by atoms with E-state index in [0.717, 1.165) is 18.5 Å². The van der Waals surface area contributed by atoms with E-state index < -0.39 is 12.3 Å². The number of nitrogens with one attached hydrogen (secondary N) is 1. The highest BCUT2D eigenvalue weighted by Gasteiger charge is 2.13. The van der Waals surface area contributed by atoms with Gasteiger partial charge in [-0.2, -0.15) is 0 Å². The zero-order valence-corrected chi connectivity index (χ0v) is 13.0. The van der Waals surface area contributed by atoms with Crippen LogP contribution in [-0.2, 0) is 4.74 Å². The average molecular weight is 292 g/mol. The second-order valence-corrected chi connectivity index (χ2v) is 5.30. The van der Waals surface area contributed by atoms with Gasteiger partial charge in [0.25, 0.3) is 0 Å². The molecular formula is C17H28N2O2. The van der Waals surface area contributed by atoms with Crippen molar-refractivity contribution in [1.29, 1.82) is 0 Å². The number of primary amides is 1. The van der Waals surface area contributed by atoms with Crippen LogP contribution in [0.1, 0.15) is 63.7 Å². The Balaban J connectivity index is 2.23. The molecule has 0 fully saturated rings. The molecule has 0 heterocycles. The first-order valence-electron chi connectivity index (χ1n) is 7.98. The van der Waals surface area contributed by atoms with Crippen LogP contribution in [0, 0.1) is 0 Å². The Morgan fingerprint density at radius 3 is 2.33 bits per heavy atom. The molecule has 0 bridgehead atoms. The van der Waals surface area contributed by atoms with Crippen molar-refractivity contribution >= 4 is 6.09 Å². The van der Waals surface area contributed by atoms with Gasteiger partial charge in [0.05, 0.1) is 0 Å². The molecule has 118 valence electrons. The number of nitrogens with two attached hydrogens (primary N) is 1. The van der Waals surface area contributed by atoms with Gasteiger partial charge in [-0.3, -0.25) is 5.32 Å². The lowest BCUT2D eigenvalue weighted by molar-refractivity contribution is 0.0854. The predicted molar refractivity (Wildman–Crippen MR) is 85.8 cm³/mol. The number of rotatable bonds is 11. The van der Waals surface area contributed by atoms with E-state index in [4.69, 9.17) is 10.5 Å². The standard InChI is InChI=1S/C17H28N2O2/c1-2-3-4-5-6-7-11-14-19-16(21-17(18)20)15-12-9-8-10-13-15/h8-10,12-13,16,19H,2-7,11,14H2,1H3,(H2,18,20). The summed E-state index contributed by atoms with van der Waals surface area (Å²) in [6.07, 6.45) is 7.61. The monoisotopic (exact) mass is 292 g/mol. The molecule has 0 radical (unpaired) electrons. The van der Waals surface area contributed by atoms with Crippen LogP contribution in [0.2, 0.25) is 0 Å². The molecular weight excluding hydrogens is 264 g/mol. The Bertz CT molecular complexity index is 382. The summed E-state index contributed by atoms with van der Waals surface area (Å²) in [5.41, 5.74) is 6.04. The quantitative estimate of drug-likeness (QED) is 0.476. The molecule has 21 heavy (non-hydrogen) atoms. The number of amides is 1. The average Bonchev–Trinajstić information content (AvgIpc) is 2.49. The molecule has 1 aromatic carbocycles. The Morgan fingerprint density at radius 1 is 1.10 bits per heavy atom. The summed E-state index contributed by atoms with van der Waals surface area (Å²) in [5, 5.41) is 3.25. The van der Waals surface area contributed by atoms with E-state index in [0.29, 0.717) is 0 Å². The third kappa shape index (κ3) is 8.35. The van der Waals surface area contributed by atoms with E-state index in [9.17, 15) is 4.79 Å². The van der Waals surface area contributed by atoms with E-state index in [1.807, 2.05) is 30.3 Å². The SMILES string of the molecule is CCCCCCCCCNC(OC(N)=O)c1ccccc1. The van der Waals surface area contributed by atoms with Crippen LogP contribution in [0.3, 0.4) is 0 Å². The van der Waals surface area contributed by atoms with Crippen LogP contribution in [0.25, 0.3) is 0 Å². The molecule has 0 spiro atoms. The van der Waals surface area contributed by atoms with Gasteiger partial charge in [0.2, 0.25) is 0 Å². The van der Waals surface area contributed by atoms with Crippen LogP contribution in [-0.4, -0.2) is 12.6 Å². The van der Waals surface area contributed by atoms with Crippen molar-refractivity contribution in [2.45, 2.75) is 58.1 Å². The zero-order chi connectivity index (χ0) is 15.3. The first-order valence-corrected chi connectivity index (χ1v) is 7.98. The van der Waals surface area contributed by atoms with Crippen molar-refractivity contribution in [1.82, 2.24) is 5.32 Å². The number of ether oxygens (including phenoxy) is 1. The normalized spacial score (nSPS) is 12.0. The summed E-state index contributed by atoms with van der Waals surface area (Å²) in [5.74, 6) is 0. The number of hydrogen-bond acceptors (Lipinski definition) is 3. The molecule has 1 amide bonds. The van der Waals surface area contributed by atoms with Crippen molar-refractivity contribution in [3.8, 4) is 0 Å². The number of unbranched alkanes of at least 4 members (excludes halogenated alkanes) is 6. The van der Waals surface area contributed by atoms with Crippen molar-refractivity contribution in [3.63, 3.8) is 0 Å². The lowest BCUT2D eigenvalue weighted by Gasteiger charge is -2.18. The van der Waals surface area contributed by atoms with Gasteiger partial charge in [-0.1, -0.05) is 75.8 Å². The maximum absolute atomic E-state index is 11.0. The van der Waals surface area contributed by atoms with E-state index in [1.165, 1.54) is 38.5 Å². The summed E-state index contributed by atoms with van der Waals surface area (Å²) in [7, 11) is 0. The van der Waals surface area contributed by atoms with Gasteiger partial charge in [-0.15, -0.1) is 0 Å². The topological polar surface area (TPSA) is 64.3 Å². The molecule has 3 N–H and O–H groups in total. The first-order chi connectivity index (χ1) is 10.2. The minimum absolute atomic E-state index is 0.455. The number of hydrogen-bond donors (Lipinski definition) is 2. The smallest absolute Gasteiger partial charge is 0.406 e. The van der Waals surface area contributed by atoms with E-state index in [2.05, 4.69) is 12.2 Å². The molecule has 0 saturated heterocycles. The predicted octanol–water partition coefficient (Wildman–Crippen LogP) is 4.12. The second kappa shape index (κ2) is 11.1. The van der Waals surface area contributed by atoms with E-state index in [1.54, 1.807) is 0 Å². The van der Waals surface area contributed by atoms with Crippen LogP contribution in [0.4, 0.5) is 4.79 Å². The third-order valence-corrected chi connectivity index (χ3v) is 3.45. The zero-order valence-electron chi connectivity index (χ0n) is 13.0. The van der Waals surface area contributed by atoms with Gasteiger partial charge < -0.3 is 10.5 Å². The maximum atomic E-state index is 11.0. The Labute approximate surface area is 128 Å². The minimum atomic E-state index is -0.754. The summed E-state index contributed by atoms with van der Waals surface area (Å²) in [6.45, 7) is 3.05. The number of carbonyl (C=O) groups excluding carboxylic acids is 1. The number of carbonyl (C=O) groups is 1. The number of benzene rings is 1. The van der Waals surface area contributed by atoms with E-state index in [-0.39, 0.29) is 0 Å².